The molecule has 156 valence electrons. The summed E-state index contributed by atoms with van der Waals surface area (Å²) in [7, 11) is -3.71. The van der Waals surface area contributed by atoms with E-state index in [1.54, 1.807) is 12.1 Å². The molecule has 1 aromatic heterocycles. The molecular weight excluding hydrogens is 414 g/mol. The summed E-state index contributed by atoms with van der Waals surface area (Å²) in [5, 5.41) is 2.46. The zero-order valence-electron chi connectivity index (χ0n) is 15.6. The third-order valence-electron chi connectivity index (χ3n) is 4.09. The molecule has 2 N–H and O–H groups in total. The van der Waals surface area contributed by atoms with Crippen LogP contribution < -0.4 is 10.0 Å². The summed E-state index contributed by atoms with van der Waals surface area (Å²) in [6.45, 7) is -0.131. The van der Waals surface area contributed by atoms with Gasteiger partial charge in [-0.1, -0.05) is 12.1 Å². The first-order chi connectivity index (χ1) is 14.3. The maximum atomic E-state index is 13.5. The molecule has 1 amide bonds. The Morgan fingerprint density at radius 2 is 1.80 bits per heavy atom. The van der Waals surface area contributed by atoms with Gasteiger partial charge in [0, 0.05) is 18.2 Å². The summed E-state index contributed by atoms with van der Waals surface area (Å²) in [6.07, 6.45) is 4.15. The van der Waals surface area contributed by atoms with Gasteiger partial charge in [-0.15, -0.1) is 0 Å². The lowest BCUT2D eigenvalue weighted by Gasteiger charge is -2.06. The first-order valence-electron chi connectivity index (χ1n) is 8.85. The summed E-state index contributed by atoms with van der Waals surface area (Å²) in [4.78, 5) is 11.9. The Balaban J connectivity index is 1.55. The Labute approximate surface area is 172 Å². The SMILES string of the molecule is O=C(C=Cc1ccc(S(=O)(=O)NCc2ccco2)cc1)NCc1cc(F)ccc1F. The van der Waals surface area contributed by atoms with Crippen molar-refractivity contribution < 1.29 is 26.4 Å². The second kappa shape index (κ2) is 9.47. The van der Waals surface area contributed by atoms with Gasteiger partial charge < -0.3 is 9.73 Å². The molecule has 0 fully saturated rings. The van der Waals surface area contributed by atoms with Crippen molar-refractivity contribution in [3.8, 4) is 0 Å². The van der Waals surface area contributed by atoms with Crippen LogP contribution in [0.25, 0.3) is 6.08 Å². The van der Waals surface area contributed by atoms with Crippen molar-refractivity contribution in [2.75, 3.05) is 0 Å². The van der Waals surface area contributed by atoms with Gasteiger partial charge in [-0.2, -0.15) is 0 Å². The Hall–Kier alpha value is -3.30. The molecule has 0 aliphatic heterocycles. The lowest BCUT2D eigenvalue weighted by Crippen LogP contribution is -2.22. The smallest absolute Gasteiger partial charge is 0.244 e. The molecule has 0 aliphatic rings. The molecule has 3 rings (SSSR count). The van der Waals surface area contributed by atoms with Gasteiger partial charge in [-0.25, -0.2) is 21.9 Å². The van der Waals surface area contributed by atoms with E-state index in [0.717, 1.165) is 18.2 Å². The number of sulfonamides is 1. The van der Waals surface area contributed by atoms with E-state index in [0.29, 0.717) is 11.3 Å². The van der Waals surface area contributed by atoms with Crippen LogP contribution in [0, 0.1) is 11.6 Å². The van der Waals surface area contributed by atoms with E-state index in [1.165, 1.54) is 42.7 Å². The minimum absolute atomic E-state index is 0.0308. The van der Waals surface area contributed by atoms with Gasteiger partial charge in [-0.05, 0) is 54.1 Å². The van der Waals surface area contributed by atoms with Crippen LogP contribution in [0.15, 0.2) is 76.2 Å². The number of amides is 1. The molecule has 0 atom stereocenters. The standard InChI is InChI=1S/C21H18F2N2O4S/c22-17-6-9-20(23)16(12-17)13-24-21(26)10-5-15-3-7-19(8-4-15)30(27,28)25-14-18-2-1-11-29-18/h1-12,25H,13-14H2,(H,24,26). The van der Waals surface area contributed by atoms with Crippen molar-refractivity contribution in [3.63, 3.8) is 0 Å². The Bertz CT molecular complexity index is 1140. The minimum Gasteiger partial charge on any atom is -0.468 e. The number of carbonyl (C=O) groups is 1. The lowest BCUT2D eigenvalue weighted by molar-refractivity contribution is -0.116. The Morgan fingerprint density at radius 3 is 2.50 bits per heavy atom. The van der Waals surface area contributed by atoms with Crippen molar-refractivity contribution in [1.82, 2.24) is 10.0 Å². The number of hydrogen-bond acceptors (Lipinski definition) is 4. The molecule has 0 radical (unpaired) electrons. The average molecular weight is 432 g/mol. The molecule has 0 saturated carbocycles. The zero-order chi connectivity index (χ0) is 21.6. The van der Waals surface area contributed by atoms with Crippen molar-refractivity contribution in [2.24, 2.45) is 0 Å². The van der Waals surface area contributed by atoms with Crippen molar-refractivity contribution >= 4 is 22.0 Å². The van der Waals surface area contributed by atoms with Crippen LogP contribution in [0.5, 0.6) is 0 Å². The lowest BCUT2D eigenvalue weighted by atomic mass is 10.2. The maximum absolute atomic E-state index is 13.5. The Morgan fingerprint density at radius 1 is 1.03 bits per heavy atom. The number of nitrogens with one attached hydrogen (secondary N) is 2. The van der Waals surface area contributed by atoms with E-state index in [4.69, 9.17) is 4.42 Å². The van der Waals surface area contributed by atoms with Gasteiger partial charge in [0.25, 0.3) is 0 Å². The summed E-state index contributed by atoms with van der Waals surface area (Å²) in [5.74, 6) is -1.22. The topological polar surface area (TPSA) is 88.4 Å². The van der Waals surface area contributed by atoms with E-state index in [1.807, 2.05) is 0 Å². The summed E-state index contributed by atoms with van der Waals surface area (Å²) in [6, 6.07) is 12.2. The van der Waals surface area contributed by atoms with Crippen LogP contribution in [-0.2, 0) is 27.9 Å². The van der Waals surface area contributed by atoms with Gasteiger partial charge in [-0.3, -0.25) is 4.79 Å². The van der Waals surface area contributed by atoms with Crippen molar-refractivity contribution in [3.05, 3.63) is 95.5 Å². The molecule has 30 heavy (non-hydrogen) atoms. The molecule has 3 aromatic rings. The third-order valence-corrected chi connectivity index (χ3v) is 5.51. The summed E-state index contributed by atoms with van der Waals surface area (Å²) < 4.78 is 58.8. The van der Waals surface area contributed by atoms with Crippen LogP contribution in [-0.4, -0.2) is 14.3 Å². The molecule has 2 aromatic carbocycles. The molecule has 1 heterocycles. The molecule has 0 unspecified atom stereocenters. The number of benzene rings is 2. The van der Waals surface area contributed by atoms with Crippen molar-refractivity contribution in [1.29, 1.82) is 0 Å². The normalized spacial score (nSPS) is 11.7. The number of carbonyl (C=O) groups excluding carboxylic acids is 1. The van der Waals surface area contributed by atoms with E-state index in [-0.39, 0.29) is 23.5 Å². The number of rotatable bonds is 8. The highest BCUT2D eigenvalue weighted by Crippen LogP contribution is 2.13. The van der Waals surface area contributed by atoms with Gasteiger partial charge in [0.1, 0.15) is 17.4 Å². The van der Waals surface area contributed by atoms with Crippen LogP contribution in [0.1, 0.15) is 16.9 Å². The fourth-order valence-corrected chi connectivity index (χ4v) is 3.51. The number of halogens is 2. The largest absolute Gasteiger partial charge is 0.468 e. The Kier molecular flexibility index (Phi) is 6.76. The second-order valence-electron chi connectivity index (χ2n) is 6.26. The van der Waals surface area contributed by atoms with E-state index in [9.17, 15) is 22.0 Å². The predicted molar refractivity (Wildman–Crippen MR) is 106 cm³/mol. The molecule has 0 bridgehead atoms. The zero-order valence-corrected chi connectivity index (χ0v) is 16.5. The quantitative estimate of drug-likeness (QED) is 0.535. The van der Waals surface area contributed by atoms with Crippen LogP contribution >= 0.6 is 0 Å². The highest BCUT2D eigenvalue weighted by atomic mass is 32.2. The highest BCUT2D eigenvalue weighted by molar-refractivity contribution is 7.89. The van der Waals surface area contributed by atoms with Gasteiger partial charge in [0.05, 0.1) is 17.7 Å². The molecule has 0 aliphatic carbocycles. The monoisotopic (exact) mass is 432 g/mol. The first-order valence-corrected chi connectivity index (χ1v) is 10.3. The number of hydrogen-bond donors (Lipinski definition) is 2. The van der Waals surface area contributed by atoms with E-state index in [2.05, 4.69) is 10.0 Å². The van der Waals surface area contributed by atoms with Gasteiger partial charge in [0.2, 0.25) is 15.9 Å². The van der Waals surface area contributed by atoms with Crippen LogP contribution in [0.4, 0.5) is 8.78 Å². The second-order valence-corrected chi connectivity index (χ2v) is 8.03. The molecule has 0 saturated heterocycles. The predicted octanol–water partition coefficient (Wildman–Crippen LogP) is 3.37. The average Bonchev–Trinajstić information content (AvgIpc) is 3.25. The van der Waals surface area contributed by atoms with E-state index < -0.39 is 27.6 Å². The summed E-state index contributed by atoms with van der Waals surface area (Å²) in [5.41, 5.74) is 0.625. The maximum Gasteiger partial charge on any atom is 0.244 e. The van der Waals surface area contributed by atoms with Crippen molar-refractivity contribution in [2.45, 2.75) is 18.0 Å². The minimum atomic E-state index is -3.71. The molecular formula is C21H18F2N2O4S. The van der Waals surface area contributed by atoms with Crippen LogP contribution in [0.2, 0.25) is 0 Å². The third kappa shape index (κ3) is 5.85. The molecule has 0 spiro atoms. The van der Waals surface area contributed by atoms with Gasteiger partial charge >= 0.3 is 0 Å². The molecule has 9 heteroatoms. The fourth-order valence-electron chi connectivity index (χ4n) is 2.51. The first kappa shape index (κ1) is 21.4. The fraction of sp³-hybridized carbons (Fsp3) is 0.0952. The van der Waals surface area contributed by atoms with Crippen LogP contribution in [0.3, 0.4) is 0 Å². The van der Waals surface area contributed by atoms with E-state index >= 15 is 0 Å². The van der Waals surface area contributed by atoms with Gasteiger partial charge in [0.15, 0.2) is 0 Å². The molecule has 6 nitrogen and oxygen atoms in total. The summed E-state index contributed by atoms with van der Waals surface area (Å²) >= 11 is 0. The highest BCUT2D eigenvalue weighted by Gasteiger charge is 2.14. The number of furan rings is 1.